The second-order valence-electron chi connectivity index (χ2n) is 3.28. The number of halogens is 3. The van der Waals surface area contributed by atoms with E-state index < -0.39 is 10.4 Å². The van der Waals surface area contributed by atoms with Gasteiger partial charge in [-0.25, -0.2) is 4.98 Å². The lowest BCUT2D eigenvalue weighted by Crippen LogP contribution is -2.10. The minimum absolute atomic E-state index is 0.0778. The van der Waals surface area contributed by atoms with Gasteiger partial charge >= 0.3 is 5.51 Å². The topological polar surface area (TPSA) is 68.1 Å². The van der Waals surface area contributed by atoms with Gasteiger partial charge in [0.05, 0.1) is 4.92 Å². The van der Waals surface area contributed by atoms with E-state index in [1.165, 1.54) is 19.1 Å². The standard InChI is InChI=1S/C9H10F3N3O2S/c1-6-7(15(16)17)2-3-8(14-6)13-4-5-18-9(10,11)12/h2-3H,4-5H2,1H3,(H,13,14). The van der Waals surface area contributed by atoms with E-state index in [1.807, 2.05) is 0 Å². The molecule has 0 bridgehead atoms. The van der Waals surface area contributed by atoms with Gasteiger partial charge in [0.25, 0.3) is 5.69 Å². The van der Waals surface area contributed by atoms with Crippen molar-refractivity contribution < 1.29 is 18.1 Å². The monoisotopic (exact) mass is 281 g/mol. The van der Waals surface area contributed by atoms with Crippen molar-refractivity contribution in [3.05, 3.63) is 27.9 Å². The van der Waals surface area contributed by atoms with Crippen molar-refractivity contribution in [2.75, 3.05) is 17.6 Å². The van der Waals surface area contributed by atoms with Crippen LogP contribution in [-0.4, -0.2) is 27.7 Å². The lowest BCUT2D eigenvalue weighted by molar-refractivity contribution is -0.385. The molecule has 0 aliphatic carbocycles. The Morgan fingerprint density at radius 2 is 2.17 bits per heavy atom. The quantitative estimate of drug-likeness (QED) is 0.510. The van der Waals surface area contributed by atoms with Crippen LogP contribution >= 0.6 is 11.8 Å². The van der Waals surface area contributed by atoms with E-state index >= 15 is 0 Å². The van der Waals surface area contributed by atoms with E-state index in [9.17, 15) is 23.3 Å². The molecule has 1 aromatic rings. The Labute approximate surface area is 105 Å². The van der Waals surface area contributed by atoms with Gasteiger partial charge in [0.15, 0.2) is 0 Å². The number of rotatable bonds is 5. The first-order chi connectivity index (χ1) is 8.29. The predicted molar refractivity (Wildman–Crippen MR) is 62.6 cm³/mol. The Morgan fingerprint density at radius 1 is 1.50 bits per heavy atom. The van der Waals surface area contributed by atoms with E-state index in [1.54, 1.807) is 0 Å². The first kappa shape index (κ1) is 14.6. The molecule has 1 N–H and O–H groups in total. The normalized spacial score (nSPS) is 11.3. The highest BCUT2D eigenvalue weighted by atomic mass is 32.2. The third-order valence-corrected chi connectivity index (χ3v) is 2.66. The first-order valence-electron chi connectivity index (χ1n) is 4.86. The zero-order valence-corrected chi connectivity index (χ0v) is 10.1. The number of nitro groups is 1. The van der Waals surface area contributed by atoms with E-state index in [-0.39, 0.29) is 35.4 Å². The zero-order chi connectivity index (χ0) is 13.8. The van der Waals surface area contributed by atoms with Gasteiger partial charge < -0.3 is 5.32 Å². The lowest BCUT2D eigenvalue weighted by atomic mass is 10.3. The number of aryl methyl sites for hydroxylation is 1. The molecule has 0 aromatic carbocycles. The molecular formula is C9H10F3N3O2S. The summed E-state index contributed by atoms with van der Waals surface area (Å²) in [6.45, 7) is 1.54. The Bertz CT molecular complexity index is 440. The number of anilines is 1. The molecule has 0 amide bonds. The van der Waals surface area contributed by atoms with Crippen LogP contribution < -0.4 is 5.32 Å². The molecule has 100 valence electrons. The molecule has 0 spiro atoms. The summed E-state index contributed by atoms with van der Waals surface area (Å²) in [5.41, 5.74) is -4.15. The van der Waals surface area contributed by atoms with Gasteiger partial charge in [-0.2, -0.15) is 13.2 Å². The molecule has 1 rings (SSSR count). The Hall–Kier alpha value is -1.51. The fourth-order valence-electron chi connectivity index (χ4n) is 1.19. The van der Waals surface area contributed by atoms with Gasteiger partial charge in [-0.3, -0.25) is 10.1 Å². The smallest absolute Gasteiger partial charge is 0.369 e. The lowest BCUT2D eigenvalue weighted by Gasteiger charge is -2.07. The average Bonchev–Trinajstić information content (AvgIpc) is 2.22. The minimum Gasteiger partial charge on any atom is -0.369 e. The van der Waals surface area contributed by atoms with Crippen LogP contribution in [0.2, 0.25) is 0 Å². The van der Waals surface area contributed by atoms with Crippen LogP contribution in [0.4, 0.5) is 24.7 Å². The average molecular weight is 281 g/mol. The van der Waals surface area contributed by atoms with Crippen molar-refractivity contribution in [1.29, 1.82) is 0 Å². The number of alkyl halides is 3. The second-order valence-corrected chi connectivity index (χ2v) is 4.44. The van der Waals surface area contributed by atoms with Crippen LogP contribution in [0.15, 0.2) is 12.1 Å². The molecule has 9 heteroatoms. The van der Waals surface area contributed by atoms with E-state index in [0.717, 1.165) is 0 Å². The molecule has 0 unspecified atom stereocenters. The van der Waals surface area contributed by atoms with Gasteiger partial charge in [-0.1, -0.05) is 0 Å². The number of pyridine rings is 1. The van der Waals surface area contributed by atoms with Crippen molar-refractivity contribution >= 4 is 23.3 Å². The van der Waals surface area contributed by atoms with Crippen molar-refractivity contribution in [3.63, 3.8) is 0 Å². The summed E-state index contributed by atoms with van der Waals surface area (Å²) in [7, 11) is 0. The predicted octanol–water partition coefficient (Wildman–Crippen LogP) is 2.96. The summed E-state index contributed by atoms with van der Waals surface area (Å²) in [5.74, 6) is 0.169. The molecule has 0 atom stereocenters. The molecule has 0 radical (unpaired) electrons. The van der Waals surface area contributed by atoms with Crippen LogP contribution in [-0.2, 0) is 0 Å². The maximum atomic E-state index is 11.8. The summed E-state index contributed by atoms with van der Waals surface area (Å²) in [4.78, 5) is 13.8. The molecule has 0 saturated carbocycles. The Kier molecular flexibility index (Phi) is 4.76. The molecule has 1 heterocycles. The van der Waals surface area contributed by atoms with Crippen molar-refractivity contribution in [2.45, 2.75) is 12.4 Å². The Balaban J connectivity index is 2.49. The third-order valence-electron chi connectivity index (χ3n) is 1.93. The second kappa shape index (κ2) is 5.89. The molecular weight excluding hydrogens is 271 g/mol. The number of hydrogen-bond acceptors (Lipinski definition) is 5. The number of thioether (sulfide) groups is 1. The van der Waals surface area contributed by atoms with E-state index in [2.05, 4.69) is 10.3 Å². The molecule has 1 aromatic heterocycles. The van der Waals surface area contributed by atoms with Crippen LogP contribution in [0, 0.1) is 17.0 Å². The summed E-state index contributed by atoms with van der Waals surface area (Å²) in [5, 5.41) is 13.2. The van der Waals surface area contributed by atoms with Gasteiger partial charge in [0.2, 0.25) is 0 Å². The zero-order valence-electron chi connectivity index (χ0n) is 9.32. The number of nitrogens with one attached hydrogen (secondary N) is 1. The molecule has 0 aliphatic rings. The van der Waals surface area contributed by atoms with Crippen LogP contribution in [0.3, 0.4) is 0 Å². The maximum Gasteiger partial charge on any atom is 0.441 e. The van der Waals surface area contributed by atoms with Gasteiger partial charge in [0.1, 0.15) is 11.5 Å². The minimum atomic E-state index is -4.25. The number of aromatic nitrogens is 1. The van der Waals surface area contributed by atoms with Crippen molar-refractivity contribution in [3.8, 4) is 0 Å². The van der Waals surface area contributed by atoms with Gasteiger partial charge in [-0.05, 0) is 24.8 Å². The highest BCUT2D eigenvalue weighted by Crippen LogP contribution is 2.29. The van der Waals surface area contributed by atoms with E-state index in [0.29, 0.717) is 5.82 Å². The number of hydrogen-bond donors (Lipinski definition) is 1. The fourth-order valence-corrected chi connectivity index (χ4v) is 1.63. The highest BCUT2D eigenvalue weighted by molar-refractivity contribution is 8.00. The largest absolute Gasteiger partial charge is 0.441 e. The molecule has 0 saturated heterocycles. The van der Waals surface area contributed by atoms with E-state index in [4.69, 9.17) is 0 Å². The molecule has 0 aliphatic heterocycles. The van der Waals surface area contributed by atoms with Gasteiger partial charge in [0, 0.05) is 18.4 Å². The summed E-state index contributed by atoms with van der Waals surface area (Å²) >= 11 is -0.133. The summed E-state index contributed by atoms with van der Waals surface area (Å²) in [6, 6.07) is 2.63. The maximum absolute atomic E-state index is 11.8. The summed E-state index contributed by atoms with van der Waals surface area (Å²) < 4.78 is 35.5. The first-order valence-corrected chi connectivity index (χ1v) is 5.85. The fraction of sp³-hybridized carbons (Fsp3) is 0.444. The Morgan fingerprint density at radius 3 is 2.67 bits per heavy atom. The third kappa shape index (κ3) is 4.78. The van der Waals surface area contributed by atoms with Crippen molar-refractivity contribution in [2.24, 2.45) is 0 Å². The highest BCUT2D eigenvalue weighted by Gasteiger charge is 2.27. The SMILES string of the molecule is Cc1nc(NCCSC(F)(F)F)ccc1[N+](=O)[O-]. The summed E-state index contributed by atoms with van der Waals surface area (Å²) in [6.07, 6.45) is 0. The van der Waals surface area contributed by atoms with Crippen LogP contribution in [0.25, 0.3) is 0 Å². The molecule has 0 fully saturated rings. The van der Waals surface area contributed by atoms with Crippen LogP contribution in [0.5, 0.6) is 0 Å². The van der Waals surface area contributed by atoms with Crippen LogP contribution in [0.1, 0.15) is 5.69 Å². The van der Waals surface area contributed by atoms with Gasteiger partial charge in [-0.15, -0.1) is 0 Å². The molecule has 5 nitrogen and oxygen atoms in total. The molecule has 18 heavy (non-hydrogen) atoms. The number of nitrogens with zero attached hydrogens (tertiary/aromatic N) is 2. The van der Waals surface area contributed by atoms with Crippen molar-refractivity contribution in [1.82, 2.24) is 4.98 Å².